The first kappa shape index (κ1) is 16.3. The second-order valence-corrected chi connectivity index (χ2v) is 6.26. The lowest BCUT2D eigenvalue weighted by atomic mass is 10.1. The van der Waals surface area contributed by atoms with Crippen LogP contribution in [-0.4, -0.2) is 15.8 Å². The second kappa shape index (κ2) is 7.31. The van der Waals surface area contributed by atoms with Gasteiger partial charge in [0, 0.05) is 24.1 Å². The summed E-state index contributed by atoms with van der Waals surface area (Å²) >= 11 is 3.41. The van der Waals surface area contributed by atoms with Crippen molar-refractivity contribution in [2.75, 3.05) is 5.32 Å². The number of amides is 2. The van der Waals surface area contributed by atoms with Gasteiger partial charge in [-0.2, -0.15) is 5.10 Å². The van der Waals surface area contributed by atoms with E-state index in [2.05, 4.69) is 31.7 Å². The van der Waals surface area contributed by atoms with Crippen molar-refractivity contribution >= 4 is 27.8 Å². The summed E-state index contributed by atoms with van der Waals surface area (Å²) in [6, 6.07) is 19.3. The van der Waals surface area contributed by atoms with Crippen molar-refractivity contribution in [2.24, 2.45) is 7.05 Å². The van der Waals surface area contributed by atoms with Gasteiger partial charge in [0.1, 0.15) is 0 Å². The Morgan fingerprint density at radius 3 is 2.67 bits per heavy atom. The maximum atomic E-state index is 12.0. The highest BCUT2D eigenvalue weighted by atomic mass is 79.9. The van der Waals surface area contributed by atoms with E-state index in [-0.39, 0.29) is 6.03 Å². The molecule has 2 N–H and O–H groups in total. The summed E-state index contributed by atoms with van der Waals surface area (Å²) in [5.74, 6) is 0.517. The number of carbonyl (C=O) groups is 1. The second-order valence-electron chi connectivity index (χ2n) is 5.34. The largest absolute Gasteiger partial charge is 0.334 e. The fourth-order valence-electron chi connectivity index (χ4n) is 2.40. The molecule has 0 unspecified atom stereocenters. The van der Waals surface area contributed by atoms with E-state index in [4.69, 9.17) is 0 Å². The minimum Gasteiger partial charge on any atom is -0.334 e. The van der Waals surface area contributed by atoms with E-state index in [0.717, 1.165) is 21.3 Å². The number of aromatic nitrogens is 2. The van der Waals surface area contributed by atoms with Gasteiger partial charge in [0.05, 0.1) is 5.69 Å². The van der Waals surface area contributed by atoms with Crippen LogP contribution in [0.25, 0.3) is 11.3 Å². The Hall–Kier alpha value is -2.60. The van der Waals surface area contributed by atoms with Crippen LogP contribution in [0.15, 0.2) is 65.1 Å². The maximum Gasteiger partial charge on any atom is 0.320 e. The molecule has 0 aliphatic rings. The van der Waals surface area contributed by atoms with Gasteiger partial charge >= 0.3 is 6.03 Å². The third-order valence-corrected chi connectivity index (χ3v) is 4.03. The highest BCUT2D eigenvalue weighted by Crippen LogP contribution is 2.21. The number of nitrogens with zero attached hydrogens (tertiary/aromatic N) is 2. The van der Waals surface area contributed by atoms with Crippen molar-refractivity contribution < 1.29 is 4.79 Å². The Morgan fingerprint density at radius 1 is 1.12 bits per heavy atom. The summed E-state index contributed by atoms with van der Waals surface area (Å²) in [6.07, 6.45) is 0. The number of nitrogens with one attached hydrogen (secondary N) is 2. The Labute approximate surface area is 148 Å². The molecule has 3 rings (SSSR count). The zero-order chi connectivity index (χ0) is 16.9. The molecule has 0 bridgehead atoms. The molecule has 2 amide bonds. The van der Waals surface area contributed by atoms with Crippen LogP contribution >= 0.6 is 15.9 Å². The Balaban J connectivity index is 1.63. The predicted molar refractivity (Wildman–Crippen MR) is 98.6 cm³/mol. The number of carbonyl (C=O) groups excluding carboxylic acids is 1. The van der Waals surface area contributed by atoms with Crippen LogP contribution < -0.4 is 10.6 Å². The summed E-state index contributed by atoms with van der Waals surface area (Å²) in [7, 11) is 1.85. The number of aryl methyl sites for hydroxylation is 1. The van der Waals surface area contributed by atoms with Gasteiger partial charge in [0.15, 0.2) is 5.82 Å². The minimum atomic E-state index is -0.285. The van der Waals surface area contributed by atoms with E-state index < -0.39 is 0 Å². The number of urea groups is 1. The third-order valence-electron chi connectivity index (χ3n) is 3.53. The zero-order valence-corrected chi connectivity index (χ0v) is 14.7. The smallest absolute Gasteiger partial charge is 0.320 e. The Morgan fingerprint density at radius 2 is 1.92 bits per heavy atom. The van der Waals surface area contributed by atoms with Crippen molar-refractivity contribution in [3.05, 3.63) is 70.7 Å². The standard InChI is InChI=1S/C18H17BrN4O/c1-23-16(14-7-3-2-4-8-14)11-17(22-23)21-18(24)20-12-13-6-5-9-15(19)10-13/h2-11H,12H2,1H3,(H2,20,21,22,24). The molecule has 5 nitrogen and oxygen atoms in total. The number of benzene rings is 2. The van der Waals surface area contributed by atoms with Crippen LogP contribution in [0, 0.1) is 0 Å². The lowest BCUT2D eigenvalue weighted by Crippen LogP contribution is -2.28. The van der Waals surface area contributed by atoms with Crippen LogP contribution in [0.5, 0.6) is 0 Å². The molecule has 0 atom stereocenters. The highest BCUT2D eigenvalue weighted by molar-refractivity contribution is 9.10. The molecule has 0 aliphatic heterocycles. The van der Waals surface area contributed by atoms with E-state index in [0.29, 0.717) is 12.4 Å². The number of hydrogen-bond donors (Lipinski definition) is 2. The van der Waals surface area contributed by atoms with Gasteiger partial charge in [-0.25, -0.2) is 4.79 Å². The fourth-order valence-corrected chi connectivity index (χ4v) is 2.84. The van der Waals surface area contributed by atoms with Crippen molar-refractivity contribution in [3.8, 4) is 11.3 Å². The van der Waals surface area contributed by atoms with Crippen molar-refractivity contribution in [1.82, 2.24) is 15.1 Å². The van der Waals surface area contributed by atoms with Crippen LogP contribution in [0.1, 0.15) is 5.56 Å². The SMILES string of the molecule is Cn1nc(NC(=O)NCc2cccc(Br)c2)cc1-c1ccccc1. The fraction of sp³-hybridized carbons (Fsp3) is 0.111. The lowest BCUT2D eigenvalue weighted by molar-refractivity contribution is 0.251. The van der Waals surface area contributed by atoms with Gasteiger partial charge in [0.25, 0.3) is 0 Å². The molecule has 1 aromatic heterocycles. The maximum absolute atomic E-state index is 12.0. The summed E-state index contributed by atoms with van der Waals surface area (Å²) in [6.45, 7) is 0.448. The molecule has 0 aliphatic carbocycles. The monoisotopic (exact) mass is 384 g/mol. The molecule has 2 aromatic carbocycles. The van der Waals surface area contributed by atoms with Gasteiger partial charge in [-0.15, -0.1) is 0 Å². The summed E-state index contributed by atoms with van der Waals surface area (Å²) in [5, 5.41) is 9.92. The highest BCUT2D eigenvalue weighted by Gasteiger charge is 2.09. The molecular weight excluding hydrogens is 368 g/mol. The van der Waals surface area contributed by atoms with Crippen molar-refractivity contribution in [1.29, 1.82) is 0 Å². The minimum absolute atomic E-state index is 0.285. The third kappa shape index (κ3) is 4.02. The summed E-state index contributed by atoms with van der Waals surface area (Å²) in [5.41, 5.74) is 3.01. The Kier molecular flexibility index (Phi) is 4.96. The lowest BCUT2D eigenvalue weighted by Gasteiger charge is -2.06. The Bertz CT molecular complexity index is 845. The van der Waals surface area contributed by atoms with Crippen molar-refractivity contribution in [3.63, 3.8) is 0 Å². The number of hydrogen-bond acceptors (Lipinski definition) is 2. The molecule has 0 fully saturated rings. The van der Waals surface area contributed by atoms with Gasteiger partial charge < -0.3 is 5.32 Å². The molecule has 0 radical (unpaired) electrons. The molecule has 0 spiro atoms. The molecule has 122 valence electrons. The summed E-state index contributed by atoms with van der Waals surface area (Å²) in [4.78, 5) is 12.0. The van der Waals surface area contributed by atoms with Crippen LogP contribution in [-0.2, 0) is 13.6 Å². The zero-order valence-electron chi connectivity index (χ0n) is 13.2. The summed E-state index contributed by atoms with van der Waals surface area (Å²) < 4.78 is 2.73. The van der Waals surface area contributed by atoms with Crippen molar-refractivity contribution in [2.45, 2.75) is 6.54 Å². The number of anilines is 1. The molecule has 6 heteroatoms. The molecule has 0 saturated heterocycles. The topological polar surface area (TPSA) is 59.0 Å². The van der Waals surface area contributed by atoms with E-state index >= 15 is 0 Å². The van der Waals surface area contributed by atoms with Gasteiger partial charge in [-0.3, -0.25) is 10.00 Å². The molecule has 1 heterocycles. The normalized spacial score (nSPS) is 10.4. The van der Waals surface area contributed by atoms with E-state index in [1.54, 1.807) is 4.68 Å². The first-order valence-corrected chi connectivity index (χ1v) is 8.30. The van der Waals surface area contributed by atoms with Gasteiger partial charge in [-0.05, 0) is 23.3 Å². The van der Waals surface area contributed by atoms with Crippen LogP contribution in [0.4, 0.5) is 10.6 Å². The average Bonchev–Trinajstić information content (AvgIpc) is 2.94. The van der Waals surface area contributed by atoms with E-state index in [1.165, 1.54) is 0 Å². The molecule has 24 heavy (non-hydrogen) atoms. The van der Waals surface area contributed by atoms with Gasteiger partial charge in [0.2, 0.25) is 0 Å². The van der Waals surface area contributed by atoms with E-state index in [1.807, 2.05) is 67.7 Å². The first-order valence-electron chi connectivity index (χ1n) is 7.50. The molecular formula is C18H17BrN4O. The first-order chi connectivity index (χ1) is 11.6. The van der Waals surface area contributed by atoms with E-state index in [9.17, 15) is 4.79 Å². The van der Waals surface area contributed by atoms with Gasteiger partial charge in [-0.1, -0.05) is 58.4 Å². The molecule has 3 aromatic rings. The predicted octanol–water partition coefficient (Wildman–Crippen LogP) is 4.17. The van der Waals surface area contributed by atoms with Crippen LogP contribution in [0.2, 0.25) is 0 Å². The quantitative estimate of drug-likeness (QED) is 0.708. The van der Waals surface area contributed by atoms with Crippen LogP contribution in [0.3, 0.4) is 0 Å². The average molecular weight is 385 g/mol. The molecule has 0 saturated carbocycles. The number of rotatable bonds is 4. The number of halogens is 1.